The molecule has 0 bridgehead atoms. The number of hydrogen-bond donors (Lipinski definition) is 0. The molecule has 0 saturated carbocycles. The molecule has 0 saturated heterocycles. The van der Waals surface area contributed by atoms with Gasteiger partial charge in [0.1, 0.15) is 0 Å². The summed E-state index contributed by atoms with van der Waals surface area (Å²) in [5.41, 5.74) is 16.5. The van der Waals surface area contributed by atoms with Gasteiger partial charge in [-0.15, -0.1) is 0 Å². The van der Waals surface area contributed by atoms with E-state index in [1.54, 1.807) is 0 Å². The maximum Gasteiger partial charge on any atom is 0.333 e. The second-order valence-corrected chi connectivity index (χ2v) is 10.8. The molecular formula is C34H25BN2. The van der Waals surface area contributed by atoms with E-state index in [2.05, 4.69) is 113 Å². The first-order chi connectivity index (χ1) is 18.3. The molecule has 0 fully saturated rings. The van der Waals surface area contributed by atoms with Crippen LogP contribution in [0.25, 0.3) is 44.1 Å². The SMILES string of the molecule is CCCCc1cc2c3c(c1)c1cccc4c1n3B1c3c-4cccc3N(c3ccccc3)c3cccc-2c31. The van der Waals surface area contributed by atoms with Gasteiger partial charge in [0.25, 0.3) is 0 Å². The molecule has 0 radical (unpaired) electrons. The second kappa shape index (κ2) is 6.95. The zero-order valence-electron chi connectivity index (χ0n) is 20.8. The third-order valence-corrected chi connectivity index (χ3v) is 8.84. The molecule has 3 aliphatic heterocycles. The van der Waals surface area contributed by atoms with E-state index in [9.17, 15) is 0 Å². The van der Waals surface area contributed by atoms with Crippen LogP contribution in [0.5, 0.6) is 0 Å². The maximum absolute atomic E-state index is 2.69. The van der Waals surface area contributed by atoms with Gasteiger partial charge >= 0.3 is 6.85 Å². The van der Waals surface area contributed by atoms with Gasteiger partial charge in [0.2, 0.25) is 0 Å². The molecule has 2 nitrogen and oxygen atoms in total. The van der Waals surface area contributed by atoms with E-state index < -0.39 is 0 Å². The first-order valence-corrected chi connectivity index (χ1v) is 13.6. The predicted molar refractivity (Wildman–Crippen MR) is 158 cm³/mol. The topological polar surface area (TPSA) is 8.17 Å². The van der Waals surface area contributed by atoms with Crippen LogP contribution in [0.15, 0.2) is 97.1 Å². The van der Waals surface area contributed by atoms with Crippen molar-refractivity contribution in [1.82, 2.24) is 4.48 Å². The Morgan fingerprint density at radius 2 is 1.30 bits per heavy atom. The van der Waals surface area contributed by atoms with Gasteiger partial charge in [-0.2, -0.15) is 0 Å². The van der Waals surface area contributed by atoms with Crippen molar-refractivity contribution in [2.24, 2.45) is 0 Å². The second-order valence-electron chi connectivity index (χ2n) is 10.8. The molecule has 4 heterocycles. The maximum atomic E-state index is 2.69. The fourth-order valence-corrected chi connectivity index (χ4v) is 7.43. The predicted octanol–water partition coefficient (Wildman–Crippen LogP) is 7.54. The van der Waals surface area contributed by atoms with E-state index >= 15 is 0 Å². The van der Waals surface area contributed by atoms with Crippen LogP contribution in [0, 0.1) is 0 Å². The van der Waals surface area contributed by atoms with Gasteiger partial charge < -0.3 is 9.38 Å². The van der Waals surface area contributed by atoms with Crippen molar-refractivity contribution in [2.45, 2.75) is 26.2 Å². The summed E-state index contributed by atoms with van der Waals surface area (Å²) in [7, 11) is 0. The monoisotopic (exact) mass is 472 g/mol. The molecule has 174 valence electrons. The molecule has 1 aromatic heterocycles. The Labute approximate surface area is 216 Å². The molecule has 3 aliphatic rings. The molecule has 0 amide bonds. The highest BCUT2D eigenvalue weighted by molar-refractivity contribution is 6.91. The average molecular weight is 472 g/mol. The summed E-state index contributed by atoms with van der Waals surface area (Å²) in [4.78, 5) is 2.49. The summed E-state index contributed by atoms with van der Waals surface area (Å²) in [6.45, 7) is 2.48. The highest BCUT2D eigenvalue weighted by Gasteiger charge is 2.46. The Hall–Kier alpha value is -4.24. The van der Waals surface area contributed by atoms with Gasteiger partial charge in [-0.05, 0) is 76.9 Å². The molecule has 0 spiro atoms. The number of hydrogen-bond acceptors (Lipinski definition) is 1. The van der Waals surface area contributed by atoms with Gasteiger partial charge in [-0.25, -0.2) is 0 Å². The number of benzene rings is 5. The summed E-state index contributed by atoms with van der Waals surface area (Å²) >= 11 is 0. The van der Waals surface area contributed by atoms with Crippen LogP contribution < -0.4 is 15.8 Å². The van der Waals surface area contributed by atoms with Crippen molar-refractivity contribution in [3.05, 3.63) is 103 Å². The number of aromatic nitrogens is 1. The largest absolute Gasteiger partial charge is 0.375 e. The summed E-state index contributed by atoms with van der Waals surface area (Å²) < 4.78 is 2.69. The van der Waals surface area contributed by atoms with Crippen molar-refractivity contribution in [3.8, 4) is 22.3 Å². The minimum Gasteiger partial charge on any atom is -0.375 e. The molecular weight excluding hydrogens is 447 g/mol. The van der Waals surface area contributed by atoms with Crippen LogP contribution in [0.3, 0.4) is 0 Å². The molecule has 0 unspecified atom stereocenters. The van der Waals surface area contributed by atoms with Gasteiger partial charge in [0.05, 0.1) is 0 Å². The Balaban J connectivity index is 1.50. The van der Waals surface area contributed by atoms with Crippen molar-refractivity contribution < 1.29 is 0 Å². The van der Waals surface area contributed by atoms with Crippen LogP contribution in [0.4, 0.5) is 17.1 Å². The highest BCUT2D eigenvalue weighted by Crippen LogP contribution is 2.49. The van der Waals surface area contributed by atoms with Gasteiger partial charge in [-0.1, -0.05) is 74.0 Å². The summed E-state index contributed by atoms with van der Waals surface area (Å²) in [6.07, 6.45) is 3.57. The minimum atomic E-state index is 0.196. The summed E-state index contributed by atoms with van der Waals surface area (Å²) in [6, 6.07) is 36.6. The van der Waals surface area contributed by atoms with E-state index in [0.717, 1.165) is 6.42 Å². The van der Waals surface area contributed by atoms with Gasteiger partial charge in [0.15, 0.2) is 0 Å². The van der Waals surface area contributed by atoms with Crippen LogP contribution in [-0.2, 0) is 6.42 Å². The molecule has 37 heavy (non-hydrogen) atoms. The summed E-state index contributed by atoms with van der Waals surface area (Å²) in [5, 5.41) is 2.80. The molecule has 0 aliphatic carbocycles. The minimum absolute atomic E-state index is 0.196. The van der Waals surface area contributed by atoms with Gasteiger partial charge in [-0.3, -0.25) is 0 Å². The first kappa shape index (κ1) is 19.9. The zero-order chi connectivity index (χ0) is 24.2. The van der Waals surface area contributed by atoms with E-state index in [-0.39, 0.29) is 6.85 Å². The number of fused-ring (bicyclic) bond motifs is 3. The lowest BCUT2D eigenvalue weighted by Crippen LogP contribution is -2.58. The quantitative estimate of drug-likeness (QED) is 0.240. The highest BCUT2D eigenvalue weighted by atomic mass is 15.2. The Morgan fingerprint density at radius 3 is 2.05 bits per heavy atom. The number of unbranched alkanes of at least 4 members (excludes halogenated alkanes) is 1. The molecule has 6 aromatic rings. The number of rotatable bonds is 4. The molecule has 3 heteroatoms. The van der Waals surface area contributed by atoms with E-state index in [4.69, 9.17) is 0 Å². The van der Waals surface area contributed by atoms with Crippen molar-refractivity contribution in [2.75, 3.05) is 4.90 Å². The van der Waals surface area contributed by atoms with E-state index in [1.165, 1.54) is 90.5 Å². The van der Waals surface area contributed by atoms with Crippen molar-refractivity contribution in [1.29, 1.82) is 0 Å². The van der Waals surface area contributed by atoms with E-state index in [1.807, 2.05) is 0 Å². The third kappa shape index (κ3) is 2.34. The third-order valence-electron chi connectivity index (χ3n) is 8.84. The first-order valence-electron chi connectivity index (χ1n) is 13.6. The lowest BCUT2D eigenvalue weighted by Gasteiger charge is -2.43. The number of aryl methyl sites for hydroxylation is 1. The average Bonchev–Trinajstić information content (AvgIpc) is 3.29. The Morgan fingerprint density at radius 1 is 0.622 bits per heavy atom. The van der Waals surface area contributed by atoms with Crippen molar-refractivity contribution in [3.63, 3.8) is 0 Å². The molecule has 5 aromatic carbocycles. The molecule has 9 rings (SSSR count). The van der Waals surface area contributed by atoms with Crippen molar-refractivity contribution >= 4 is 56.6 Å². The van der Waals surface area contributed by atoms with Gasteiger partial charge in [0, 0.05) is 50.0 Å². The zero-order valence-corrected chi connectivity index (χ0v) is 20.8. The molecule has 0 atom stereocenters. The molecule has 0 N–H and O–H groups in total. The van der Waals surface area contributed by atoms with Crippen LogP contribution in [-0.4, -0.2) is 11.3 Å². The smallest absolute Gasteiger partial charge is 0.333 e. The summed E-state index contributed by atoms with van der Waals surface area (Å²) in [5.74, 6) is 0. The lowest BCUT2D eigenvalue weighted by molar-refractivity contribution is 0.796. The van der Waals surface area contributed by atoms with Crippen LogP contribution in [0.1, 0.15) is 25.3 Å². The Bertz CT molecular complexity index is 1930. The number of para-hydroxylation sites is 2. The standard InChI is InChI=1S/C34H25BN2/c1-2-3-10-21-19-27-24-14-9-18-30-32(24)35-31-23(13-8-17-29(31)36(30)22-11-5-4-6-12-22)25-15-7-16-26-28(20-21)34(27)37(35)33(25)26/h4-9,11-20H,2-3,10H2,1H3. The van der Waals surface area contributed by atoms with Crippen LogP contribution in [0.2, 0.25) is 0 Å². The lowest BCUT2D eigenvalue weighted by atomic mass is 9.43. The fourth-order valence-electron chi connectivity index (χ4n) is 7.43. The van der Waals surface area contributed by atoms with Crippen LogP contribution >= 0.6 is 0 Å². The number of anilines is 3. The van der Waals surface area contributed by atoms with E-state index in [0.29, 0.717) is 0 Å². The Kier molecular flexibility index (Phi) is 3.74. The normalized spacial score (nSPS) is 13.8. The number of nitrogens with zero attached hydrogens (tertiary/aromatic N) is 2. The fraction of sp³-hybridized carbons (Fsp3) is 0.118.